The lowest BCUT2D eigenvalue weighted by atomic mass is 10.0. The average molecular weight is 288 g/mol. The minimum absolute atomic E-state index is 0.180. The van der Waals surface area contributed by atoms with Crippen LogP contribution >= 0.6 is 0 Å². The van der Waals surface area contributed by atoms with E-state index in [1.54, 1.807) is 0 Å². The zero-order chi connectivity index (χ0) is 15.1. The predicted molar refractivity (Wildman–Crippen MR) is 88.1 cm³/mol. The zero-order valence-electron chi connectivity index (χ0n) is 13.5. The standard InChI is InChI=1S/C19H28O2/c1-4-5-7-12-18(14-17-10-8-6-9-11-17)19-20-15(2)13-16(3)21-19/h6,8-11,14-16,19H,4-5,7,12-13H2,1-3H3/b18-14+/t15-,16-/m0/s1. The van der Waals surface area contributed by atoms with E-state index in [0.29, 0.717) is 0 Å². The van der Waals surface area contributed by atoms with Gasteiger partial charge in [0.25, 0.3) is 0 Å². The maximum Gasteiger partial charge on any atom is 0.180 e. The summed E-state index contributed by atoms with van der Waals surface area (Å²) < 4.78 is 12.1. The maximum absolute atomic E-state index is 6.03. The lowest BCUT2D eigenvalue weighted by Crippen LogP contribution is -2.36. The van der Waals surface area contributed by atoms with Crippen molar-refractivity contribution in [2.45, 2.75) is 71.4 Å². The molecule has 1 aliphatic heterocycles. The van der Waals surface area contributed by atoms with Crippen LogP contribution in [0.5, 0.6) is 0 Å². The van der Waals surface area contributed by atoms with Crippen molar-refractivity contribution in [2.24, 2.45) is 0 Å². The minimum Gasteiger partial charge on any atom is -0.346 e. The van der Waals surface area contributed by atoms with Gasteiger partial charge in [-0.25, -0.2) is 0 Å². The van der Waals surface area contributed by atoms with Crippen LogP contribution in [-0.2, 0) is 9.47 Å². The molecule has 1 aliphatic rings. The van der Waals surface area contributed by atoms with Crippen LogP contribution < -0.4 is 0 Å². The second-order valence-corrected chi connectivity index (χ2v) is 6.05. The fourth-order valence-corrected chi connectivity index (χ4v) is 2.81. The fraction of sp³-hybridized carbons (Fsp3) is 0.579. The zero-order valence-corrected chi connectivity index (χ0v) is 13.5. The summed E-state index contributed by atoms with van der Waals surface area (Å²) in [5, 5.41) is 0. The second kappa shape index (κ2) is 8.35. The van der Waals surface area contributed by atoms with Crippen LogP contribution in [0.3, 0.4) is 0 Å². The summed E-state index contributed by atoms with van der Waals surface area (Å²) in [6.45, 7) is 6.51. The van der Waals surface area contributed by atoms with Crippen LogP contribution in [0.2, 0.25) is 0 Å². The number of unbranched alkanes of at least 4 members (excludes halogenated alkanes) is 2. The molecule has 2 rings (SSSR count). The van der Waals surface area contributed by atoms with Gasteiger partial charge in [0.05, 0.1) is 12.2 Å². The molecule has 2 nitrogen and oxygen atoms in total. The fourth-order valence-electron chi connectivity index (χ4n) is 2.81. The normalized spacial score (nSPS) is 26.8. The Morgan fingerprint density at radius 2 is 1.76 bits per heavy atom. The van der Waals surface area contributed by atoms with Crippen molar-refractivity contribution in [2.75, 3.05) is 0 Å². The third kappa shape index (κ3) is 5.29. The van der Waals surface area contributed by atoms with Crippen LogP contribution in [0.1, 0.15) is 58.4 Å². The molecular formula is C19H28O2. The SMILES string of the molecule is CCCCC/C(=C\c1ccccc1)C1O[C@@H](C)C[C@H](C)O1. The summed E-state index contributed by atoms with van der Waals surface area (Å²) in [6, 6.07) is 10.5. The van der Waals surface area contributed by atoms with Crippen LogP contribution in [0, 0.1) is 0 Å². The van der Waals surface area contributed by atoms with E-state index in [0.717, 1.165) is 12.8 Å². The Morgan fingerprint density at radius 3 is 2.38 bits per heavy atom. The molecule has 2 atom stereocenters. The van der Waals surface area contributed by atoms with E-state index < -0.39 is 0 Å². The molecule has 1 heterocycles. The van der Waals surface area contributed by atoms with Gasteiger partial charge in [-0.3, -0.25) is 0 Å². The first-order valence-electron chi connectivity index (χ1n) is 8.25. The smallest absolute Gasteiger partial charge is 0.180 e. The third-order valence-electron chi connectivity index (χ3n) is 3.90. The van der Waals surface area contributed by atoms with E-state index in [4.69, 9.17) is 9.47 Å². The van der Waals surface area contributed by atoms with E-state index in [1.807, 2.05) is 6.07 Å². The second-order valence-electron chi connectivity index (χ2n) is 6.05. The van der Waals surface area contributed by atoms with Gasteiger partial charge in [0.1, 0.15) is 0 Å². The lowest BCUT2D eigenvalue weighted by Gasteiger charge is -2.34. The van der Waals surface area contributed by atoms with E-state index >= 15 is 0 Å². The van der Waals surface area contributed by atoms with Gasteiger partial charge in [-0.1, -0.05) is 56.2 Å². The van der Waals surface area contributed by atoms with Gasteiger partial charge >= 0.3 is 0 Å². The van der Waals surface area contributed by atoms with Crippen LogP contribution in [0.4, 0.5) is 0 Å². The van der Waals surface area contributed by atoms with E-state index in [1.165, 1.54) is 30.4 Å². The summed E-state index contributed by atoms with van der Waals surface area (Å²) in [4.78, 5) is 0. The minimum atomic E-state index is -0.180. The molecule has 1 aromatic rings. The summed E-state index contributed by atoms with van der Waals surface area (Å²) in [5.41, 5.74) is 2.50. The Balaban J connectivity index is 2.13. The van der Waals surface area contributed by atoms with Crippen molar-refractivity contribution in [1.29, 1.82) is 0 Å². The molecule has 0 unspecified atom stereocenters. The first-order valence-corrected chi connectivity index (χ1v) is 8.25. The van der Waals surface area contributed by atoms with Gasteiger partial charge < -0.3 is 9.47 Å². The highest BCUT2D eigenvalue weighted by Gasteiger charge is 2.27. The Bertz CT molecular complexity index is 428. The highest BCUT2D eigenvalue weighted by molar-refractivity contribution is 5.53. The average Bonchev–Trinajstić information content (AvgIpc) is 2.46. The Hall–Kier alpha value is -1.12. The largest absolute Gasteiger partial charge is 0.346 e. The molecule has 0 spiro atoms. The quantitative estimate of drug-likeness (QED) is 0.671. The first-order chi connectivity index (χ1) is 10.2. The molecule has 1 saturated heterocycles. The third-order valence-corrected chi connectivity index (χ3v) is 3.90. The summed E-state index contributed by atoms with van der Waals surface area (Å²) in [6.07, 6.45) is 8.30. The Labute approximate surface area is 129 Å². The van der Waals surface area contributed by atoms with Crippen molar-refractivity contribution in [3.8, 4) is 0 Å². The molecular weight excluding hydrogens is 260 g/mol. The topological polar surface area (TPSA) is 18.5 Å². The summed E-state index contributed by atoms with van der Waals surface area (Å²) >= 11 is 0. The molecule has 21 heavy (non-hydrogen) atoms. The van der Waals surface area contributed by atoms with Gasteiger partial charge in [-0.2, -0.15) is 0 Å². The van der Waals surface area contributed by atoms with E-state index in [2.05, 4.69) is 51.1 Å². The van der Waals surface area contributed by atoms with Crippen molar-refractivity contribution in [3.05, 3.63) is 41.5 Å². The highest BCUT2D eigenvalue weighted by atomic mass is 16.7. The molecule has 0 radical (unpaired) electrons. The van der Waals surface area contributed by atoms with Crippen molar-refractivity contribution in [3.63, 3.8) is 0 Å². The van der Waals surface area contributed by atoms with Crippen molar-refractivity contribution >= 4 is 6.08 Å². The van der Waals surface area contributed by atoms with Crippen molar-refractivity contribution < 1.29 is 9.47 Å². The molecule has 0 aliphatic carbocycles. The molecule has 0 bridgehead atoms. The number of ether oxygens (including phenoxy) is 2. The molecule has 2 heteroatoms. The van der Waals surface area contributed by atoms with Gasteiger partial charge in [0.15, 0.2) is 6.29 Å². The maximum atomic E-state index is 6.03. The first kappa shape index (κ1) is 16.3. The Kier molecular flexibility index (Phi) is 6.47. The lowest BCUT2D eigenvalue weighted by molar-refractivity contribution is -0.215. The number of hydrogen-bond donors (Lipinski definition) is 0. The molecule has 0 amide bonds. The predicted octanol–water partition coefficient (Wildman–Crippen LogP) is 5.19. The van der Waals surface area contributed by atoms with Gasteiger partial charge in [-0.05, 0) is 44.2 Å². The molecule has 0 aromatic heterocycles. The number of hydrogen-bond acceptors (Lipinski definition) is 2. The number of rotatable bonds is 6. The van der Waals surface area contributed by atoms with Crippen molar-refractivity contribution in [1.82, 2.24) is 0 Å². The monoisotopic (exact) mass is 288 g/mol. The number of benzene rings is 1. The van der Waals surface area contributed by atoms with E-state index in [-0.39, 0.29) is 18.5 Å². The van der Waals surface area contributed by atoms with Crippen LogP contribution in [-0.4, -0.2) is 18.5 Å². The van der Waals surface area contributed by atoms with Gasteiger partial charge in [0, 0.05) is 0 Å². The molecule has 1 aromatic carbocycles. The van der Waals surface area contributed by atoms with Gasteiger partial charge in [-0.15, -0.1) is 0 Å². The summed E-state index contributed by atoms with van der Waals surface area (Å²) in [7, 11) is 0. The molecule has 0 saturated carbocycles. The molecule has 116 valence electrons. The van der Waals surface area contributed by atoms with Crippen LogP contribution in [0.25, 0.3) is 6.08 Å². The summed E-state index contributed by atoms with van der Waals surface area (Å²) in [5.74, 6) is 0. The van der Waals surface area contributed by atoms with Gasteiger partial charge in [0.2, 0.25) is 0 Å². The molecule has 0 N–H and O–H groups in total. The molecule has 1 fully saturated rings. The van der Waals surface area contributed by atoms with E-state index in [9.17, 15) is 0 Å². The Morgan fingerprint density at radius 1 is 1.10 bits per heavy atom. The van der Waals surface area contributed by atoms with Crippen LogP contribution in [0.15, 0.2) is 35.9 Å². The highest BCUT2D eigenvalue weighted by Crippen LogP contribution is 2.27.